The van der Waals surface area contributed by atoms with E-state index in [1.165, 1.54) is 0 Å². The quantitative estimate of drug-likeness (QED) is 0.758. The van der Waals surface area contributed by atoms with E-state index in [0.29, 0.717) is 6.42 Å². The number of pyridine rings is 1. The first-order chi connectivity index (χ1) is 10.1. The van der Waals surface area contributed by atoms with Gasteiger partial charge in [0.25, 0.3) is 0 Å². The van der Waals surface area contributed by atoms with Crippen molar-refractivity contribution in [2.75, 3.05) is 0 Å². The fourth-order valence-electron chi connectivity index (χ4n) is 2.55. The summed E-state index contributed by atoms with van der Waals surface area (Å²) in [6.07, 6.45) is 2.09. The molecule has 0 saturated heterocycles. The van der Waals surface area contributed by atoms with Gasteiger partial charge in [-0.1, -0.05) is 41.1 Å². The second kappa shape index (κ2) is 5.62. The summed E-state index contributed by atoms with van der Waals surface area (Å²) >= 11 is 3.45. The number of aliphatic hydroxyl groups excluding tert-OH is 1. The lowest BCUT2D eigenvalue weighted by molar-refractivity contribution is 0.168. The van der Waals surface area contributed by atoms with Crippen molar-refractivity contribution in [1.82, 2.24) is 9.38 Å². The number of aryl methyl sites for hydroxylation is 1. The third kappa shape index (κ3) is 2.49. The van der Waals surface area contributed by atoms with E-state index in [-0.39, 0.29) is 0 Å². The van der Waals surface area contributed by atoms with Crippen LogP contribution in [0.15, 0.2) is 47.1 Å². The number of aromatic nitrogens is 2. The number of benzene rings is 1. The maximum atomic E-state index is 10.4. The van der Waals surface area contributed by atoms with E-state index in [9.17, 15) is 5.11 Å². The smallest absolute Gasteiger partial charge is 0.140 e. The zero-order chi connectivity index (χ0) is 15.0. The molecular weight excluding hydrogens is 328 g/mol. The molecule has 0 aliphatic rings. The lowest BCUT2D eigenvalue weighted by Gasteiger charge is -2.11. The number of rotatable bonds is 3. The third-order valence-corrected chi connectivity index (χ3v) is 4.23. The minimum atomic E-state index is -0.527. The van der Waals surface area contributed by atoms with Gasteiger partial charge in [-0.3, -0.25) is 0 Å². The van der Waals surface area contributed by atoms with Crippen LogP contribution in [0.3, 0.4) is 0 Å². The Morgan fingerprint density at radius 2 is 1.95 bits per heavy atom. The summed E-state index contributed by atoms with van der Waals surface area (Å²) < 4.78 is 3.03. The van der Waals surface area contributed by atoms with Crippen molar-refractivity contribution in [1.29, 1.82) is 0 Å². The second-order valence-corrected chi connectivity index (χ2v) is 6.08. The van der Waals surface area contributed by atoms with E-state index < -0.39 is 6.10 Å². The first-order valence-corrected chi connectivity index (χ1v) is 7.82. The van der Waals surface area contributed by atoms with Crippen LogP contribution in [-0.2, 0) is 0 Å². The van der Waals surface area contributed by atoms with Crippen molar-refractivity contribution in [2.45, 2.75) is 26.4 Å². The van der Waals surface area contributed by atoms with Gasteiger partial charge in [-0.05, 0) is 37.1 Å². The van der Waals surface area contributed by atoms with Gasteiger partial charge in [0.05, 0.1) is 17.5 Å². The molecule has 1 unspecified atom stereocenters. The first kappa shape index (κ1) is 14.3. The van der Waals surface area contributed by atoms with Gasteiger partial charge in [0, 0.05) is 16.2 Å². The molecule has 4 heteroatoms. The molecule has 0 aliphatic carbocycles. The molecule has 1 N–H and O–H groups in total. The number of nitrogens with zero attached hydrogens (tertiary/aromatic N) is 2. The Kier molecular flexibility index (Phi) is 3.83. The molecule has 2 heterocycles. The van der Waals surface area contributed by atoms with E-state index in [0.717, 1.165) is 32.6 Å². The minimum absolute atomic E-state index is 0.527. The molecule has 3 rings (SSSR count). The summed E-state index contributed by atoms with van der Waals surface area (Å²) in [6, 6.07) is 12.1. The van der Waals surface area contributed by atoms with Gasteiger partial charge < -0.3 is 9.51 Å². The highest BCUT2D eigenvalue weighted by Crippen LogP contribution is 2.31. The van der Waals surface area contributed by atoms with E-state index in [1.807, 2.05) is 60.8 Å². The van der Waals surface area contributed by atoms with E-state index in [4.69, 9.17) is 4.98 Å². The summed E-state index contributed by atoms with van der Waals surface area (Å²) in [4.78, 5) is 4.77. The van der Waals surface area contributed by atoms with Crippen molar-refractivity contribution >= 4 is 21.6 Å². The molecule has 0 aliphatic heterocycles. The topological polar surface area (TPSA) is 37.5 Å². The fraction of sp³-hybridized carbons (Fsp3) is 0.235. The Morgan fingerprint density at radius 3 is 2.62 bits per heavy atom. The Morgan fingerprint density at radius 1 is 1.24 bits per heavy atom. The van der Waals surface area contributed by atoms with Crippen LogP contribution in [0.1, 0.15) is 30.7 Å². The molecule has 0 spiro atoms. The van der Waals surface area contributed by atoms with Crippen LogP contribution in [0.2, 0.25) is 0 Å². The Labute approximate surface area is 132 Å². The predicted octanol–water partition coefficient (Wildman–Crippen LogP) is 4.52. The lowest BCUT2D eigenvalue weighted by atomic mass is 10.1. The molecular formula is C17H17BrN2O. The van der Waals surface area contributed by atoms with Crippen LogP contribution in [0, 0.1) is 6.92 Å². The van der Waals surface area contributed by atoms with Gasteiger partial charge >= 0.3 is 0 Å². The van der Waals surface area contributed by atoms with Crippen molar-refractivity contribution in [3.8, 4) is 11.3 Å². The molecule has 1 atom stereocenters. The Balaban J connectivity index is 2.30. The molecule has 0 bridgehead atoms. The van der Waals surface area contributed by atoms with Gasteiger partial charge in [-0.25, -0.2) is 4.98 Å². The molecule has 0 fully saturated rings. The van der Waals surface area contributed by atoms with Crippen LogP contribution in [0.4, 0.5) is 0 Å². The van der Waals surface area contributed by atoms with Crippen molar-refractivity contribution in [3.63, 3.8) is 0 Å². The number of halogens is 1. The van der Waals surface area contributed by atoms with Crippen LogP contribution < -0.4 is 0 Å². The molecule has 108 valence electrons. The second-order valence-electron chi connectivity index (χ2n) is 5.16. The fourth-order valence-corrected chi connectivity index (χ4v) is 2.82. The Hall–Kier alpha value is -1.65. The summed E-state index contributed by atoms with van der Waals surface area (Å²) in [5.74, 6) is 0. The number of fused-ring (bicyclic) bond motifs is 1. The SMILES string of the molecule is CCC(O)c1c(-c2ccc(Br)cc2)nc2c(C)cccn12. The first-order valence-electron chi connectivity index (χ1n) is 7.03. The third-order valence-electron chi connectivity index (χ3n) is 3.70. The highest BCUT2D eigenvalue weighted by Gasteiger charge is 2.20. The number of imidazole rings is 1. The van der Waals surface area contributed by atoms with Crippen LogP contribution in [0.25, 0.3) is 16.9 Å². The number of aliphatic hydroxyl groups is 1. The van der Waals surface area contributed by atoms with Gasteiger partial charge in [0.1, 0.15) is 5.65 Å². The monoisotopic (exact) mass is 344 g/mol. The average Bonchev–Trinajstić information content (AvgIpc) is 2.88. The summed E-state index contributed by atoms with van der Waals surface area (Å²) in [6.45, 7) is 4.01. The van der Waals surface area contributed by atoms with Crippen LogP contribution >= 0.6 is 15.9 Å². The molecule has 2 aromatic heterocycles. The standard InChI is InChI=1S/C17H17BrN2O/c1-3-14(21)16-15(12-6-8-13(18)9-7-12)19-17-11(2)5-4-10-20(16)17/h4-10,14,21H,3H2,1-2H3. The molecule has 3 nitrogen and oxygen atoms in total. The molecule has 1 aromatic carbocycles. The normalized spacial score (nSPS) is 12.8. The summed E-state index contributed by atoms with van der Waals surface area (Å²) in [5, 5.41) is 10.4. The largest absolute Gasteiger partial charge is 0.387 e. The van der Waals surface area contributed by atoms with Crippen molar-refractivity contribution in [3.05, 3.63) is 58.3 Å². The van der Waals surface area contributed by atoms with Crippen molar-refractivity contribution < 1.29 is 5.11 Å². The van der Waals surface area contributed by atoms with Gasteiger partial charge in [0.2, 0.25) is 0 Å². The van der Waals surface area contributed by atoms with E-state index >= 15 is 0 Å². The van der Waals surface area contributed by atoms with Crippen LogP contribution in [0.5, 0.6) is 0 Å². The number of hydrogen-bond acceptors (Lipinski definition) is 2. The highest BCUT2D eigenvalue weighted by molar-refractivity contribution is 9.10. The van der Waals surface area contributed by atoms with Crippen LogP contribution in [-0.4, -0.2) is 14.5 Å². The summed E-state index contributed by atoms with van der Waals surface area (Å²) in [5.41, 5.74) is 4.73. The maximum Gasteiger partial charge on any atom is 0.140 e. The number of hydrogen-bond donors (Lipinski definition) is 1. The predicted molar refractivity (Wildman–Crippen MR) is 88.3 cm³/mol. The maximum absolute atomic E-state index is 10.4. The molecule has 0 amide bonds. The van der Waals surface area contributed by atoms with Gasteiger partial charge in [-0.2, -0.15) is 0 Å². The highest BCUT2D eigenvalue weighted by atomic mass is 79.9. The average molecular weight is 345 g/mol. The molecule has 3 aromatic rings. The lowest BCUT2D eigenvalue weighted by Crippen LogP contribution is -2.02. The van der Waals surface area contributed by atoms with Gasteiger partial charge in [0.15, 0.2) is 0 Å². The molecule has 21 heavy (non-hydrogen) atoms. The zero-order valence-corrected chi connectivity index (χ0v) is 13.6. The molecule has 0 saturated carbocycles. The summed E-state index contributed by atoms with van der Waals surface area (Å²) in [7, 11) is 0. The Bertz CT molecular complexity index is 777. The zero-order valence-electron chi connectivity index (χ0n) is 12.0. The molecule has 0 radical (unpaired) electrons. The van der Waals surface area contributed by atoms with E-state index in [2.05, 4.69) is 15.9 Å². The van der Waals surface area contributed by atoms with E-state index in [1.54, 1.807) is 0 Å². The van der Waals surface area contributed by atoms with Crippen molar-refractivity contribution in [2.24, 2.45) is 0 Å². The minimum Gasteiger partial charge on any atom is -0.387 e. The van der Waals surface area contributed by atoms with Gasteiger partial charge in [-0.15, -0.1) is 0 Å².